The summed E-state index contributed by atoms with van der Waals surface area (Å²) in [5, 5.41) is 8.91. The summed E-state index contributed by atoms with van der Waals surface area (Å²) in [5.41, 5.74) is 1.21. The van der Waals surface area contributed by atoms with Gasteiger partial charge in [0.05, 0.1) is 5.56 Å². The van der Waals surface area contributed by atoms with Gasteiger partial charge in [0.2, 0.25) is 11.8 Å². The van der Waals surface area contributed by atoms with Crippen LogP contribution in [0.2, 0.25) is 0 Å². The number of hydrogen-bond donors (Lipinski definition) is 1. The van der Waals surface area contributed by atoms with Crippen LogP contribution in [0.1, 0.15) is 54.9 Å². The Balaban J connectivity index is 1.76. The molecule has 0 radical (unpaired) electrons. The highest BCUT2D eigenvalue weighted by atomic mass is 16.4. The molecule has 1 aliphatic rings. The molecule has 1 saturated heterocycles. The summed E-state index contributed by atoms with van der Waals surface area (Å²) in [5.74, 6) is -0.619. The molecule has 0 aromatic heterocycles. The second-order valence-electron chi connectivity index (χ2n) is 7.27. The predicted octanol–water partition coefficient (Wildman–Crippen LogP) is 2.81. The topological polar surface area (TPSA) is 77.9 Å². The number of rotatable bonds is 8. The average molecular weight is 374 g/mol. The number of aryl methyl sites for hydroxylation is 1. The molecule has 1 aliphatic heterocycles. The summed E-state index contributed by atoms with van der Waals surface area (Å²) < 4.78 is 0. The van der Waals surface area contributed by atoms with E-state index in [0.717, 1.165) is 37.8 Å². The maximum absolute atomic E-state index is 12.4. The van der Waals surface area contributed by atoms with E-state index in [0.29, 0.717) is 25.9 Å². The highest BCUT2D eigenvalue weighted by molar-refractivity contribution is 5.87. The average Bonchev–Trinajstić information content (AvgIpc) is 2.70. The maximum atomic E-state index is 12.4. The van der Waals surface area contributed by atoms with Crippen molar-refractivity contribution in [3.63, 3.8) is 0 Å². The maximum Gasteiger partial charge on any atom is 0.335 e. The summed E-state index contributed by atoms with van der Waals surface area (Å²) >= 11 is 0. The van der Waals surface area contributed by atoms with Crippen molar-refractivity contribution in [2.45, 2.75) is 45.4 Å². The number of hydrogen-bond acceptors (Lipinski definition) is 3. The van der Waals surface area contributed by atoms with E-state index in [1.165, 1.54) is 0 Å². The minimum atomic E-state index is -0.949. The fourth-order valence-electron chi connectivity index (χ4n) is 3.42. The van der Waals surface area contributed by atoms with Crippen LogP contribution in [0.5, 0.6) is 0 Å². The molecule has 6 heteroatoms. The molecular weight excluding hydrogens is 344 g/mol. The Bertz CT molecular complexity index is 649. The number of aromatic carboxylic acids is 1. The second-order valence-corrected chi connectivity index (χ2v) is 7.27. The van der Waals surface area contributed by atoms with E-state index in [-0.39, 0.29) is 23.3 Å². The molecule has 6 nitrogen and oxygen atoms in total. The van der Waals surface area contributed by atoms with Gasteiger partial charge in [-0.25, -0.2) is 4.79 Å². The number of benzene rings is 1. The van der Waals surface area contributed by atoms with Crippen LogP contribution in [0, 0.1) is 5.92 Å². The molecule has 1 N–H and O–H groups in total. The molecule has 0 saturated carbocycles. The van der Waals surface area contributed by atoms with E-state index < -0.39 is 5.97 Å². The van der Waals surface area contributed by atoms with Crippen LogP contribution in [0.25, 0.3) is 0 Å². The molecule has 148 valence electrons. The number of nitrogens with zero attached hydrogens (tertiary/aromatic N) is 2. The van der Waals surface area contributed by atoms with Gasteiger partial charge in [-0.3, -0.25) is 9.59 Å². The van der Waals surface area contributed by atoms with E-state index in [4.69, 9.17) is 5.11 Å². The number of amides is 2. The highest BCUT2D eigenvalue weighted by Gasteiger charge is 2.28. The molecule has 1 aromatic carbocycles. The number of piperidine rings is 1. The first kappa shape index (κ1) is 20.9. The van der Waals surface area contributed by atoms with Gasteiger partial charge in [0.25, 0.3) is 0 Å². The van der Waals surface area contributed by atoms with Gasteiger partial charge >= 0.3 is 5.97 Å². The molecule has 2 amide bonds. The van der Waals surface area contributed by atoms with Crippen LogP contribution in [0.15, 0.2) is 24.3 Å². The van der Waals surface area contributed by atoms with Crippen molar-refractivity contribution in [2.24, 2.45) is 5.92 Å². The molecule has 2 rings (SSSR count). The fraction of sp³-hybridized carbons (Fsp3) is 0.571. The molecule has 0 atom stereocenters. The third kappa shape index (κ3) is 6.08. The standard InChI is InChI=1S/C21H30N2O4/c1-3-4-13-22(2)20(25)17-11-14-23(15-12-17)19(24)10-7-16-5-8-18(9-6-16)21(26)27/h5-6,8-9,17H,3-4,7,10-15H2,1-2H3,(H,26,27). The van der Waals surface area contributed by atoms with Gasteiger partial charge in [0.1, 0.15) is 0 Å². The van der Waals surface area contributed by atoms with E-state index >= 15 is 0 Å². The molecule has 27 heavy (non-hydrogen) atoms. The summed E-state index contributed by atoms with van der Waals surface area (Å²) in [6, 6.07) is 6.64. The summed E-state index contributed by atoms with van der Waals surface area (Å²) in [6.45, 7) is 4.18. The van der Waals surface area contributed by atoms with Gasteiger partial charge in [-0.1, -0.05) is 25.5 Å². The normalized spacial score (nSPS) is 14.8. The minimum absolute atomic E-state index is 0.0273. The number of carbonyl (C=O) groups is 3. The smallest absolute Gasteiger partial charge is 0.335 e. The number of carboxylic acids is 1. The van der Waals surface area contributed by atoms with Crippen molar-refractivity contribution in [3.8, 4) is 0 Å². The number of carbonyl (C=O) groups excluding carboxylic acids is 2. The lowest BCUT2D eigenvalue weighted by molar-refractivity contribution is -0.139. The zero-order valence-electron chi connectivity index (χ0n) is 16.3. The van der Waals surface area contributed by atoms with Crippen molar-refractivity contribution in [3.05, 3.63) is 35.4 Å². The van der Waals surface area contributed by atoms with Crippen LogP contribution in [-0.4, -0.2) is 59.4 Å². The Morgan fingerprint density at radius 1 is 1.15 bits per heavy atom. The number of likely N-dealkylation sites (tertiary alicyclic amines) is 1. The summed E-state index contributed by atoms with van der Waals surface area (Å²) in [6.07, 6.45) is 4.55. The van der Waals surface area contributed by atoms with Gasteiger partial charge in [-0.2, -0.15) is 0 Å². The first-order chi connectivity index (χ1) is 12.9. The fourth-order valence-corrected chi connectivity index (χ4v) is 3.42. The molecule has 1 fully saturated rings. The third-order valence-corrected chi connectivity index (χ3v) is 5.25. The number of unbranched alkanes of at least 4 members (excludes halogenated alkanes) is 1. The van der Waals surface area contributed by atoms with Crippen molar-refractivity contribution >= 4 is 17.8 Å². The molecule has 0 bridgehead atoms. The zero-order valence-corrected chi connectivity index (χ0v) is 16.3. The van der Waals surface area contributed by atoms with E-state index in [2.05, 4.69) is 6.92 Å². The molecule has 0 spiro atoms. The van der Waals surface area contributed by atoms with Gasteiger partial charge in [0.15, 0.2) is 0 Å². The van der Waals surface area contributed by atoms with Gasteiger partial charge in [-0.15, -0.1) is 0 Å². The molecule has 1 aromatic rings. The van der Waals surface area contributed by atoms with Crippen molar-refractivity contribution in [2.75, 3.05) is 26.7 Å². The second kappa shape index (κ2) is 10.1. The first-order valence-corrected chi connectivity index (χ1v) is 9.77. The van der Waals surface area contributed by atoms with E-state index in [1.54, 1.807) is 24.3 Å². The van der Waals surface area contributed by atoms with Crippen LogP contribution >= 0.6 is 0 Å². The zero-order chi connectivity index (χ0) is 19.8. The van der Waals surface area contributed by atoms with Gasteiger partial charge < -0.3 is 14.9 Å². The Morgan fingerprint density at radius 2 is 1.78 bits per heavy atom. The summed E-state index contributed by atoms with van der Waals surface area (Å²) in [7, 11) is 1.87. The Hall–Kier alpha value is -2.37. The quantitative estimate of drug-likeness (QED) is 0.759. The van der Waals surface area contributed by atoms with E-state index in [9.17, 15) is 14.4 Å². The summed E-state index contributed by atoms with van der Waals surface area (Å²) in [4.78, 5) is 39.4. The first-order valence-electron chi connectivity index (χ1n) is 9.77. The molecule has 0 aliphatic carbocycles. The SMILES string of the molecule is CCCCN(C)C(=O)C1CCN(C(=O)CCc2ccc(C(=O)O)cc2)CC1. The predicted molar refractivity (Wildman–Crippen MR) is 104 cm³/mol. The molecular formula is C21H30N2O4. The lowest BCUT2D eigenvalue weighted by Gasteiger charge is -2.33. The lowest BCUT2D eigenvalue weighted by Crippen LogP contribution is -2.43. The Kier molecular flexibility index (Phi) is 7.82. The Morgan fingerprint density at radius 3 is 2.33 bits per heavy atom. The van der Waals surface area contributed by atoms with Crippen LogP contribution in [0.3, 0.4) is 0 Å². The van der Waals surface area contributed by atoms with Crippen molar-refractivity contribution in [1.29, 1.82) is 0 Å². The van der Waals surface area contributed by atoms with Crippen LogP contribution < -0.4 is 0 Å². The van der Waals surface area contributed by atoms with Crippen molar-refractivity contribution < 1.29 is 19.5 Å². The molecule has 0 unspecified atom stereocenters. The third-order valence-electron chi connectivity index (χ3n) is 5.25. The van der Waals surface area contributed by atoms with Gasteiger partial charge in [-0.05, 0) is 43.4 Å². The minimum Gasteiger partial charge on any atom is -0.478 e. The molecule has 1 heterocycles. The van der Waals surface area contributed by atoms with Gasteiger partial charge in [0, 0.05) is 39.0 Å². The lowest BCUT2D eigenvalue weighted by atomic mass is 9.95. The van der Waals surface area contributed by atoms with Crippen LogP contribution in [0.4, 0.5) is 0 Å². The highest BCUT2D eigenvalue weighted by Crippen LogP contribution is 2.20. The van der Waals surface area contributed by atoms with Crippen LogP contribution in [-0.2, 0) is 16.0 Å². The number of carboxylic acid groups (broad SMARTS) is 1. The van der Waals surface area contributed by atoms with Crippen molar-refractivity contribution in [1.82, 2.24) is 9.80 Å². The van der Waals surface area contributed by atoms with E-state index in [1.807, 2.05) is 16.8 Å². The Labute approximate surface area is 161 Å². The monoisotopic (exact) mass is 374 g/mol. The largest absolute Gasteiger partial charge is 0.478 e.